The Kier molecular flexibility index (Phi) is 3.13. The van der Waals surface area contributed by atoms with Crippen LogP contribution in [0.15, 0.2) is 12.1 Å². The molecule has 1 aliphatic carbocycles. The van der Waals surface area contributed by atoms with Crippen molar-refractivity contribution in [2.24, 2.45) is 0 Å². The molecule has 1 aliphatic rings. The summed E-state index contributed by atoms with van der Waals surface area (Å²) in [5, 5.41) is 9.11. The minimum absolute atomic E-state index is 0.312. The molecular formula is C13H14O4. The standard InChI is InChI=1S/C13H14O4/c1-17-13(16)11-7-6-10(12(14)15)8-4-2-3-5-9(8)11/h6-7H,2-5H2,1H3,(H,14,15). The first-order valence-corrected chi connectivity index (χ1v) is 5.61. The predicted molar refractivity (Wildman–Crippen MR) is 61.4 cm³/mol. The number of benzene rings is 1. The molecule has 0 saturated heterocycles. The number of hydrogen-bond donors (Lipinski definition) is 1. The molecule has 0 amide bonds. The van der Waals surface area contributed by atoms with Gasteiger partial charge in [-0.1, -0.05) is 0 Å². The maximum absolute atomic E-state index is 11.6. The lowest BCUT2D eigenvalue weighted by Crippen LogP contribution is -2.16. The first-order valence-electron chi connectivity index (χ1n) is 5.61. The second-order valence-corrected chi connectivity index (χ2v) is 4.12. The van der Waals surface area contributed by atoms with Gasteiger partial charge in [-0.2, -0.15) is 0 Å². The summed E-state index contributed by atoms with van der Waals surface area (Å²) in [5.41, 5.74) is 2.47. The molecule has 0 spiro atoms. The molecule has 1 aromatic rings. The van der Waals surface area contributed by atoms with Crippen molar-refractivity contribution < 1.29 is 19.4 Å². The van der Waals surface area contributed by atoms with E-state index in [9.17, 15) is 9.59 Å². The summed E-state index contributed by atoms with van der Waals surface area (Å²) in [6, 6.07) is 3.05. The minimum Gasteiger partial charge on any atom is -0.478 e. The summed E-state index contributed by atoms with van der Waals surface area (Å²) in [6.45, 7) is 0. The second-order valence-electron chi connectivity index (χ2n) is 4.12. The molecule has 0 atom stereocenters. The molecule has 17 heavy (non-hydrogen) atoms. The molecule has 0 radical (unpaired) electrons. The number of carboxylic acid groups (broad SMARTS) is 1. The van der Waals surface area contributed by atoms with Crippen LogP contribution in [0.4, 0.5) is 0 Å². The first kappa shape index (κ1) is 11.6. The number of aromatic carboxylic acids is 1. The topological polar surface area (TPSA) is 63.6 Å². The highest BCUT2D eigenvalue weighted by atomic mass is 16.5. The van der Waals surface area contributed by atoms with Gasteiger partial charge in [-0.3, -0.25) is 0 Å². The lowest BCUT2D eigenvalue weighted by atomic mass is 9.85. The lowest BCUT2D eigenvalue weighted by molar-refractivity contribution is 0.0596. The van der Waals surface area contributed by atoms with Gasteiger partial charge in [0.1, 0.15) is 0 Å². The molecule has 0 saturated carbocycles. The van der Waals surface area contributed by atoms with E-state index in [0.717, 1.165) is 36.8 Å². The van der Waals surface area contributed by atoms with Crippen LogP contribution in [0, 0.1) is 0 Å². The van der Waals surface area contributed by atoms with Gasteiger partial charge in [0.15, 0.2) is 0 Å². The molecule has 90 valence electrons. The van der Waals surface area contributed by atoms with Crippen LogP contribution in [0.5, 0.6) is 0 Å². The SMILES string of the molecule is COC(=O)c1ccc(C(=O)O)c2c1CCCC2. The van der Waals surface area contributed by atoms with Crippen molar-refractivity contribution >= 4 is 11.9 Å². The summed E-state index contributed by atoms with van der Waals surface area (Å²) < 4.78 is 4.72. The van der Waals surface area contributed by atoms with Gasteiger partial charge in [-0.05, 0) is 48.9 Å². The van der Waals surface area contributed by atoms with E-state index in [0.29, 0.717) is 11.1 Å². The monoisotopic (exact) mass is 234 g/mol. The van der Waals surface area contributed by atoms with E-state index >= 15 is 0 Å². The number of carbonyl (C=O) groups is 2. The number of esters is 1. The molecule has 0 aliphatic heterocycles. The van der Waals surface area contributed by atoms with Crippen molar-refractivity contribution in [3.8, 4) is 0 Å². The van der Waals surface area contributed by atoms with Crippen LogP contribution in [0.25, 0.3) is 0 Å². The Morgan fingerprint density at radius 2 is 1.65 bits per heavy atom. The fourth-order valence-electron chi connectivity index (χ4n) is 2.37. The summed E-state index contributed by atoms with van der Waals surface area (Å²) in [5.74, 6) is -1.32. The maximum atomic E-state index is 11.6. The number of fused-ring (bicyclic) bond motifs is 1. The molecule has 0 aromatic heterocycles. The number of methoxy groups -OCH3 is 1. The average Bonchev–Trinajstić information content (AvgIpc) is 2.36. The molecule has 4 heteroatoms. The fourth-order valence-corrected chi connectivity index (χ4v) is 2.37. The van der Waals surface area contributed by atoms with Gasteiger partial charge in [0.25, 0.3) is 0 Å². The van der Waals surface area contributed by atoms with E-state index in [1.165, 1.54) is 13.2 Å². The number of rotatable bonds is 2. The van der Waals surface area contributed by atoms with Crippen LogP contribution < -0.4 is 0 Å². The molecular weight excluding hydrogens is 220 g/mol. The van der Waals surface area contributed by atoms with E-state index in [1.807, 2.05) is 0 Å². The normalized spacial score (nSPS) is 13.9. The smallest absolute Gasteiger partial charge is 0.338 e. The van der Waals surface area contributed by atoms with Crippen molar-refractivity contribution in [3.05, 3.63) is 34.4 Å². The van der Waals surface area contributed by atoms with Crippen molar-refractivity contribution in [2.45, 2.75) is 25.7 Å². The number of carbonyl (C=O) groups excluding carboxylic acids is 1. The molecule has 0 heterocycles. The number of ether oxygens (including phenoxy) is 1. The van der Waals surface area contributed by atoms with Crippen molar-refractivity contribution in [1.82, 2.24) is 0 Å². The Balaban J connectivity index is 2.58. The van der Waals surface area contributed by atoms with Gasteiger partial charge in [0, 0.05) is 0 Å². The van der Waals surface area contributed by atoms with Crippen LogP contribution >= 0.6 is 0 Å². The Labute approximate surface area is 99.2 Å². The van der Waals surface area contributed by atoms with Gasteiger partial charge in [0.05, 0.1) is 18.2 Å². The Morgan fingerprint density at radius 1 is 1.12 bits per heavy atom. The summed E-state index contributed by atoms with van der Waals surface area (Å²) in [4.78, 5) is 22.7. The third-order valence-electron chi connectivity index (χ3n) is 3.17. The van der Waals surface area contributed by atoms with Gasteiger partial charge in [-0.25, -0.2) is 9.59 Å². The van der Waals surface area contributed by atoms with Crippen molar-refractivity contribution in [1.29, 1.82) is 0 Å². The Morgan fingerprint density at radius 3 is 2.18 bits per heavy atom. The summed E-state index contributed by atoms with van der Waals surface area (Å²) in [7, 11) is 1.34. The van der Waals surface area contributed by atoms with E-state index in [-0.39, 0.29) is 5.97 Å². The zero-order chi connectivity index (χ0) is 12.4. The van der Waals surface area contributed by atoms with Crippen LogP contribution in [-0.4, -0.2) is 24.2 Å². The number of carboxylic acids is 1. The van der Waals surface area contributed by atoms with Gasteiger partial charge in [-0.15, -0.1) is 0 Å². The van der Waals surface area contributed by atoms with E-state index < -0.39 is 5.97 Å². The highest BCUT2D eigenvalue weighted by molar-refractivity contribution is 5.95. The van der Waals surface area contributed by atoms with Gasteiger partial charge >= 0.3 is 11.9 Å². The molecule has 0 bridgehead atoms. The second kappa shape index (κ2) is 4.57. The highest BCUT2D eigenvalue weighted by Crippen LogP contribution is 2.28. The van der Waals surface area contributed by atoms with Crippen molar-refractivity contribution in [3.63, 3.8) is 0 Å². The van der Waals surface area contributed by atoms with Crippen LogP contribution in [0.1, 0.15) is 44.7 Å². The Bertz CT molecular complexity index is 477. The quantitative estimate of drug-likeness (QED) is 0.795. The van der Waals surface area contributed by atoms with E-state index in [2.05, 4.69) is 0 Å². The largest absolute Gasteiger partial charge is 0.478 e. The van der Waals surface area contributed by atoms with Gasteiger partial charge < -0.3 is 9.84 Å². The molecule has 0 fully saturated rings. The maximum Gasteiger partial charge on any atom is 0.338 e. The Hall–Kier alpha value is -1.84. The average molecular weight is 234 g/mol. The predicted octanol–water partition coefficient (Wildman–Crippen LogP) is 2.05. The molecule has 4 nitrogen and oxygen atoms in total. The zero-order valence-electron chi connectivity index (χ0n) is 9.66. The van der Waals surface area contributed by atoms with Crippen molar-refractivity contribution in [2.75, 3.05) is 7.11 Å². The van der Waals surface area contributed by atoms with E-state index in [1.54, 1.807) is 6.07 Å². The first-order chi connectivity index (χ1) is 8.15. The van der Waals surface area contributed by atoms with Gasteiger partial charge in [0.2, 0.25) is 0 Å². The third-order valence-corrected chi connectivity index (χ3v) is 3.17. The molecule has 2 rings (SSSR count). The summed E-state index contributed by atoms with van der Waals surface area (Å²) in [6.07, 6.45) is 3.43. The summed E-state index contributed by atoms with van der Waals surface area (Å²) >= 11 is 0. The number of hydrogen-bond acceptors (Lipinski definition) is 3. The fraction of sp³-hybridized carbons (Fsp3) is 0.385. The molecule has 1 aromatic carbocycles. The minimum atomic E-state index is -0.931. The van der Waals surface area contributed by atoms with Crippen LogP contribution in [-0.2, 0) is 17.6 Å². The van der Waals surface area contributed by atoms with E-state index in [4.69, 9.17) is 9.84 Å². The zero-order valence-corrected chi connectivity index (χ0v) is 9.66. The van der Waals surface area contributed by atoms with Crippen LogP contribution in [0.2, 0.25) is 0 Å². The lowest BCUT2D eigenvalue weighted by Gasteiger charge is -2.20. The van der Waals surface area contributed by atoms with Crippen LogP contribution in [0.3, 0.4) is 0 Å². The third kappa shape index (κ3) is 2.02. The molecule has 0 unspecified atom stereocenters. The highest BCUT2D eigenvalue weighted by Gasteiger charge is 2.23. The molecule has 1 N–H and O–H groups in total.